The Morgan fingerprint density at radius 2 is 1.89 bits per heavy atom. The van der Waals surface area contributed by atoms with Crippen molar-refractivity contribution in [1.29, 1.82) is 0 Å². The third-order valence-electron chi connectivity index (χ3n) is 0.752. The van der Waals surface area contributed by atoms with Gasteiger partial charge in [-0.05, 0) is 6.92 Å². The molecule has 9 heavy (non-hydrogen) atoms. The fourth-order valence-corrected chi connectivity index (χ4v) is 0.387. The van der Waals surface area contributed by atoms with Crippen molar-refractivity contribution in [3.05, 3.63) is 19.6 Å². The predicted octanol–water partition coefficient (Wildman–Crippen LogP) is 1.04. The van der Waals surface area contributed by atoms with Crippen LogP contribution in [0.3, 0.4) is 0 Å². The molecule has 2 heteroatoms. The first-order valence-corrected chi connectivity index (χ1v) is 2.97. The molecule has 0 amide bonds. The highest BCUT2D eigenvalue weighted by Gasteiger charge is 1.82. The Balaban J connectivity index is 2.66. The summed E-state index contributed by atoms with van der Waals surface area (Å²) in [7, 11) is 0. The van der Waals surface area contributed by atoms with Crippen LogP contribution in [0, 0.1) is 6.92 Å². The molecule has 0 unspecified atom stereocenters. The van der Waals surface area contributed by atoms with Crippen molar-refractivity contribution in [2.24, 2.45) is 0 Å². The highest BCUT2D eigenvalue weighted by atomic mass is 16.5. The van der Waals surface area contributed by atoms with Crippen LogP contribution in [0.15, 0.2) is 12.7 Å². The molecule has 0 bridgehead atoms. The van der Waals surface area contributed by atoms with Gasteiger partial charge in [0.05, 0.1) is 19.8 Å². The standard InChI is InChI=1S/C7H13O2/c1-3-5-9-7-6-8-4-2/h3H,1-2,4-7H2. The topological polar surface area (TPSA) is 18.5 Å². The Morgan fingerprint density at radius 3 is 2.44 bits per heavy atom. The van der Waals surface area contributed by atoms with Crippen LogP contribution in [0.25, 0.3) is 0 Å². The molecule has 0 atom stereocenters. The monoisotopic (exact) mass is 129 g/mol. The SMILES string of the molecule is [CH2]COCCOCC=C. The summed E-state index contributed by atoms with van der Waals surface area (Å²) in [5, 5.41) is 0. The van der Waals surface area contributed by atoms with E-state index in [4.69, 9.17) is 9.47 Å². The maximum atomic E-state index is 5.01. The molecule has 0 aromatic rings. The molecule has 0 aliphatic rings. The summed E-state index contributed by atoms with van der Waals surface area (Å²) in [6.07, 6.45) is 1.71. The van der Waals surface area contributed by atoms with Crippen LogP contribution in [0.5, 0.6) is 0 Å². The van der Waals surface area contributed by atoms with Crippen LogP contribution in [0.1, 0.15) is 0 Å². The fourth-order valence-electron chi connectivity index (χ4n) is 0.387. The van der Waals surface area contributed by atoms with Crippen LogP contribution in [0.4, 0.5) is 0 Å². The minimum atomic E-state index is 0.511. The second kappa shape index (κ2) is 7.66. The van der Waals surface area contributed by atoms with Gasteiger partial charge < -0.3 is 9.47 Å². The fraction of sp³-hybridized carbons (Fsp3) is 0.571. The molecule has 0 N–H and O–H groups in total. The third kappa shape index (κ3) is 7.66. The molecular formula is C7H13O2. The lowest BCUT2D eigenvalue weighted by Crippen LogP contribution is -2.03. The van der Waals surface area contributed by atoms with Crippen LogP contribution in [-0.2, 0) is 9.47 Å². The molecule has 0 rings (SSSR count). The van der Waals surface area contributed by atoms with Gasteiger partial charge in [0.25, 0.3) is 0 Å². The first kappa shape index (κ1) is 8.66. The summed E-state index contributed by atoms with van der Waals surface area (Å²) in [6, 6.07) is 0. The molecule has 0 aromatic carbocycles. The Morgan fingerprint density at radius 1 is 1.22 bits per heavy atom. The molecule has 1 radical (unpaired) electrons. The Hall–Kier alpha value is -0.340. The van der Waals surface area contributed by atoms with Crippen LogP contribution < -0.4 is 0 Å². The van der Waals surface area contributed by atoms with E-state index in [-0.39, 0.29) is 0 Å². The number of ether oxygens (including phenoxy) is 2. The zero-order chi connectivity index (χ0) is 6.95. The van der Waals surface area contributed by atoms with Gasteiger partial charge in [0.1, 0.15) is 0 Å². The molecule has 53 valence electrons. The summed E-state index contributed by atoms with van der Waals surface area (Å²) < 4.78 is 9.92. The van der Waals surface area contributed by atoms with Gasteiger partial charge in [0, 0.05) is 6.61 Å². The van der Waals surface area contributed by atoms with E-state index in [2.05, 4.69) is 13.5 Å². The maximum absolute atomic E-state index is 5.01. The van der Waals surface area contributed by atoms with Gasteiger partial charge in [-0.3, -0.25) is 0 Å². The van der Waals surface area contributed by atoms with E-state index in [0.29, 0.717) is 26.4 Å². The summed E-state index contributed by atoms with van der Waals surface area (Å²) in [5.41, 5.74) is 0. The summed E-state index contributed by atoms with van der Waals surface area (Å²) >= 11 is 0. The van der Waals surface area contributed by atoms with E-state index >= 15 is 0 Å². The molecule has 0 heterocycles. The largest absolute Gasteiger partial charge is 0.379 e. The first-order valence-electron chi connectivity index (χ1n) is 2.97. The molecule has 0 aliphatic heterocycles. The highest BCUT2D eigenvalue weighted by Crippen LogP contribution is 1.76. The van der Waals surface area contributed by atoms with E-state index in [1.807, 2.05) is 0 Å². The number of hydrogen-bond acceptors (Lipinski definition) is 2. The second-order valence-electron chi connectivity index (χ2n) is 1.48. The van der Waals surface area contributed by atoms with Gasteiger partial charge in [-0.1, -0.05) is 6.08 Å². The molecule has 0 aliphatic carbocycles. The average Bonchev–Trinajstić information content (AvgIpc) is 1.89. The normalized spacial score (nSPS) is 9.44. The number of rotatable bonds is 6. The van der Waals surface area contributed by atoms with Crippen LogP contribution in [0.2, 0.25) is 0 Å². The van der Waals surface area contributed by atoms with Gasteiger partial charge in [0.15, 0.2) is 0 Å². The number of hydrogen-bond donors (Lipinski definition) is 0. The lowest BCUT2D eigenvalue weighted by molar-refractivity contribution is 0.0703. The van der Waals surface area contributed by atoms with E-state index in [9.17, 15) is 0 Å². The van der Waals surface area contributed by atoms with Crippen molar-refractivity contribution in [2.45, 2.75) is 0 Å². The third-order valence-corrected chi connectivity index (χ3v) is 0.752. The highest BCUT2D eigenvalue weighted by molar-refractivity contribution is 4.63. The molecule has 0 fully saturated rings. The smallest absolute Gasteiger partial charge is 0.0704 e. The van der Waals surface area contributed by atoms with Gasteiger partial charge in [0.2, 0.25) is 0 Å². The van der Waals surface area contributed by atoms with Crippen molar-refractivity contribution >= 4 is 0 Å². The van der Waals surface area contributed by atoms with Crippen LogP contribution in [-0.4, -0.2) is 26.4 Å². The average molecular weight is 129 g/mol. The zero-order valence-electron chi connectivity index (χ0n) is 5.64. The molecule has 2 nitrogen and oxygen atoms in total. The predicted molar refractivity (Wildman–Crippen MR) is 37.2 cm³/mol. The first-order chi connectivity index (χ1) is 4.41. The van der Waals surface area contributed by atoms with Crippen molar-refractivity contribution in [3.8, 4) is 0 Å². The summed E-state index contributed by atoms with van der Waals surface area (Å²) in [6.45, 7) is 9.36. The Labute approximate surface area is 56.5 Å². The van der Waals surface area contributed by atoms with Crippen molar-refractivity contribution < 1.29 is 9.47 Å². The lowest BCUT2D eigenvalue weighted by Gasteiger charge is -1.99. The molecule has 0 saturated carbocycles. The Kier molecular flexibility index (Phi) is 7.37. The van der Waals surface area contributed by atoms with E-state index in [1.54, 1.807) is 6.08 Å². The molecule has 0 spiro atoms. The summed E-state index contributed by atoms with van der Waals surface area (Å²) in [4.78, 5) is 0. The van der Waals surface area contributed by atoms with E-state index in [1.165, 1.54) is 0 Å². The zero-order valence-corrected chi connectivity index (χ0v) is 5.64. The lowest BCUT2D eigenvalue weighted by atomic mass is 10.7. The summed E-state index contributed by atoms with van der Waals surface area (Å²) in [5.74, 6) is 0. The molecular weight excluding hydrogens is 116 g/mol. The van der Waals surface area contributed by atoms with Crippen LogP contribution >= 0.6 is 0 Å². The minimum absolute atomic E-state index is 0.511. The van der Waals surface area contributed by atoms with Gasteiger partial charge in [-0.25, -0.2) is 0 Å². The van der Waals surface area contributed by atoms with Gasteiger partial charge in [-0.15, -0.1) is 6.58 Å². The van der Waals surface area contributed by atoms with Gasteiger partial charge >= 0.3 is 0 Å². The maximum Gasteiger partial charge on any atom is 0.0704 e. The second-order valence-corrected chi connectivity index (χ2v) is 1.48. The molecule has 0 saturated heterocycles. The van der Waals surface area contributed by atoms with Gasteiger partial charge in [-0.2, -0.15) is 0 Å². The van der Waals surface area contributed by atoms with Crippen molar-refractivity contribution in [2.75, 3.05) is 26.4 Å². The molecule has 0 aromatic heterocycles. The quantitative estimate of drug-likeness (QED) is 0.394. The van der Waals surface area contributed by atoms with Crippen molar-refractivity contribution in [3.63, 3.8) is 0 Å². The Bertz CT molecular complexity index is 61.9. The van der Waals surface area contributed by atoms with E-state index < -0.39 is 0 Å². The van der Waals surface area contributed by atoms with Crippen molar-refractivity contribution in [1.82, 2.24) is 0 Å². The van der Waals surface area contributed by atoms with E-state index in [0.717, 1.165) is 0 Å². The minimum Gasteiger partial charge on any atom is -0.379 e.